The number of rotatable bonds is 5. The van der Waals surface area contributed by atoms with Crippen molar-refractivity contribution >= 4 is 17.5 Å². The lowest BCUT2D eigenvalue weighted by molar-refractivity contribution is 0.0939. The van der Waals surface area contributed by atoms with Crippen LogP contribution in [0, 0.1) is 0 Å². The first-order valence-electron chi connectivity index (χ1n) is 8.76. The van der Waals surface area contributed by atoms with Gasteiger partial charge < -0.3 is 10.6 Å². The van der Waals surface area contributed by atoms with Gasteiger partial charge in [-0.05, 0) is 37.1 Å². The Bertz CT molecular complexity index is 735. The molecule has 0 bridgehead atoms. The highest BCUT2D eigenvalue weighted by Crippen LogP contribution is 2.29. The smallest absolute Gasteiger partial charge is 0.271 e. The zero-order valence-corrected chi connectivity index (χ0v) is 15.5. The van der Waals surface area contributed by atoms with Crippen molar-refractivity contribution in [3.63, 3.8) is 0 Å². The molecule has 0 radical (unpaired) electrons. The van der Waals surface area contributed by atoms with Crippen molar-refractivity contribution in [2.75, 3.05) is 19.6 Å². The van der Waals surface area contributed by atoms with E-state index >= 15 is 0 Å². The molecule has 2 aromatic rings. The predicted molar refractivity (Wildman–Crippen MR) is 100 cm³/mol. The molecule has 2 heterocycles. The highest BCUT2D eigenvalue weighted by Gasteiger charge is 2.25. The van der Waals surface area contributed by atoms with E-state index in [1.54, 1.807) is 6.07 Å². The molecule has 0 aliphatic carbocycles. The van der Waals surface area contributed by atoms with Gasteiger partial charge in [0.25, 0.3) is 5.91 Å². The first kappa shape index (κ1) is 18.0. The summed E-state index contributed by atoms with van der Waals surface area (Å²) >= 11 is 6.30. The van der Waals surface area contributed by atoms with Gasteiger partial charge in [-0.1, -0.05) is 43.6 Å². The van der Waals surface area contributed by atoms with Crippen molar-refractivity contribution in [2.24, 2.45) is 0 Å². The SMILES string of the molecule is CC(C)(CNC(=O)c1ccn(C2CCCNC2)n1)c1ccccc1Cl. The van der Waals surface area contributed by atoms with Crippen molar-refractivity contribution in [3.8, 4) is 0 Å². The van der Waals surface area contributed by atoms with E-state index in [0.29, 0.717) is 18.3 Å². The van der Waals surface area contributed by atoms with E-state index in [1.807, 2.05) is 35.1 Å². The van der Waals surface area contributed by atoms with Crippen LogP contribution in [-0.2, 0) is 5.41 Å². The second-order valence-corrected chi connectivity index (χ2v) is 7.63. The third kappa shape index (κ3) is 4.22. The van der Waals surface area contributed by atoms with Gasteiger partial charge in [0.05, 0.1) is 6.04 Å². The van der Waals surface area contributed by atoms with E-state index in [2.05, 4.69) is 29.6 Å². The molecule has 3 rings (SSSR count). The van der Waals surface area contributed by atoms with Gasteiger partial charge in [-0.2, -0.15) is 5.10 Å². The van der Waals surface area contributed by atoms with Crippen LogP contribution in [0.4, 0.5) is 0 Å². The minimum Gasteiger partial charge on any atom is -0.350 e. The monoisotopic (exact) mass is 360 g/mol. The van der Waals surface area contributed by atoms with Crippen LogP contribution in [0.25, 0.3) is 0 Å². The van der Waals surface area contributed by atoms with Crippen molar-refractivity contribution in [1.82, 2.24) is 20.4 Å². The van der Waals surface area contributed by atoms with Crippen LogP contribution < -0.4 is 10.6 Å². The van der Waals surface area contributed by atoms with Gasteiger partial charge in [-0.3, -0.25) is 9.48 Å². The van der Waals surface area contributed by atoms with E-state index < -0.39 is 0 Å². The number of nitrogens with zero attached hydrogens (tertiary/aromatic N) is 2. The number of amides is 1. The van der Waals surface area contributed by atoms with Crippen LogP contribution in [0.3, 0.4) is 0 Å². The Morgan fingerprint density at radius 3 is 2.92 bits per heavy atom. The predicted octanol–water partition coefficient (Wildman–Crippen LogP) is 3.17. The molecular weight excluding hydrogens is 336 g/mol. The number of carbonyl (C=O) groups is 1. The van der Waals surface area contributed by atoms with E-state index in [1.165, 1.54) is 0 Å². The summed E-state index contributed by atoms with van der Waals surface area (Å²) in [5.41, 5.74) is 1.22. The van der Waals surface area contributed by atoms with Gasteiger partial charge in [0.15, 0.2) is 0 Å². The standard InChI is InChI=1S/C19H25ClN4O/c1-19(2,15-7-3-4-8-16(15)20)13-22-18(25)17-9-11-24(23-17)14-6-5-10-21-12-14/h3-4,7-9,11,14,21H,5-6,10,12-13H2,1-2H3,(H,22,25). The molecule has 0 saturated carbocycles. The summed E-state index contributed by atoms with van der Waals surface area (Å²) in [6.45, 7) is 6.60. The van der Waals surface area contributed by atoms with E-state index in [4.69, 9.17) is 11.6 Å². The summed E-state index contributed by atoms with van der Waals surface area (Å²) < 4.78 is 1.90. The third-order valence-corrected chi connectivity index (χ3v) is 5.11. The van der Waals surface area contributed by atoms with Gasteiger partial charge >= 0.3 is 0 Å². The number of benzene rings is 1. The van der Waals surface area contributed by atoms with Gasteiger partial charge in [0.1, 0.15) is 5.69 Å². The third-order valence-electron chi connectivity index (χ3n) is 4.78. The Kier molecular flexibility index (Phi) is 5.45. The number of piperidine rings is 1. The molecule has 6 heteroatoms. The fraction of sp³-hybridized carbons (Fsp3) is 0.474. The molecule has 1 saturated heterocycles. The number of hydrogen-bond acceptors (Lipinski definition) is 3. The van der Waals surface area contributed by atoms with Crippen LogP contribution in [0.1, 0.15) is 48.8 Å². The molecule has 1 amide bonds. The summed E-state index contributed by atoms with van der Waals surface area (Å²) in [5.74, 6) is -0.150. The molecular formula is C19H25ClN4O. The van der Waals surface area contributed by atoms with Crippen LogP contribution in [0.5, 0.6) is 0 Å². The lowest BCUT2D eigenvalue weighted by atomic mass is 9.84. The van der Waals surface area contributed by atoms with Crippen molar-refractivity contribution in [3.05, 3.63) is 52.8 Å². The number of carbonyl (C=O) groups excluding carboxylic acids is 1. The maximum absolute atomic E-state index is 12.5. The Morgan fingerprint density at radius 1 is 1.40 bits per heavy atom. The molecule has 1 fully saturated rings. The van der Waals surface area contributed by atoms with Gasteiger partial charge in [-0.15, -0.1) is 0 Å². The molecule has 1 unspecified atom stereocenters. The average Bonchev–Trinajstić information content (AvgIpc) is 3.11. The van der Waals surface area contributed by atoms with Crippen LogP contribution >= 0.6 is 11.6 Å². The normalized spacial score (nSPS) is 18.1. The zero-order valence-electron chi connectivity index (χ0n) is 14.8. The second kappa shape index (κ2) is 7.58. The molecule has 5 nitrogen and oxygen atoms in total. The van der Waals surface area contributed by atoms with Gasteiger partial charge in [0, 0.05) is 29.7 Å². The summed E-state index contributed by atoms with van der Waals surface area (Å²) in [6, 6.07) is 9.86. The topological polar surface area (TPSA) is 59.0 Å². The molecule has 1 aromatic carbocycles. The summed E-state index contributed by atoms with van der Waals surface area (Å²) in [4.78, 5) is 12.5. The quantitative estimate of drug-likeness (QED) is 0.861. The minimum absolute atomic E-state index is 0.150. The highest BCUT2D eigenvalue weighted by atomic mass is 35.5. The molecule has 1 aromatic heterocycles. The van der Waals surface area contributed by atoms with Crippen LogP contribution in [0.15, 0.2) is 36.5 Å². The van der Waals surface area contributed by atoms with Crippen molar-refractivity contribution in [1.29, 1.82) is 0 Å². The van der Waals surface area contributed by atoms with E-state index in [-0.39, 0.29) is 11.3 Å². The Balaban J connectivity index is 1.62. The number of halogens is 1. The first-order chi connectivity index (χ1) is 12.0. The summed E-state index contributed by atoms with van der Waals surface area (Å²) in [5, 5.41) is 11.5. The maximum Gasteiger partial charge on any atom is 0.271 e. The maximum atomic E-state index is 12.5. The van der Waals surface area contributed by atoms with Crippen molar-refractivity contribution in [2.45, 2.75) is 38.1 Å². The molecule has 2 N–H and O–H groups in total. The van der Waals surface area contributed by atoms with E-state index in [9.17, 15) is 4.79 Å². The number of hydrogen-bond donors (Lipinski definition) is 2. The summed E-state index contributed by atoms with van der Waals surface area (Å²) in [6.07, 6.45) is 4.12. The molecule has 1 aliphatic heterocycles. The van der Waals surface area contributed by atoms with Crippen LogP contribution in [0.2, 0.25) is 5.02 Å². The van der Waals surface area contributed by atoms with E-state index in [0.717, 1.165) is 36.5 Å². The molecule has 25 heavy (non-hydrogen) atoms. The Hall–Kier alpha value is -1.85. The zero-order chi connectivity index (χ0) is 17.9. The van der Waals surface area contributed by atoms with Gasteiger partial charge in [0.2, 0.25) is 0 Å². The molecule has 1 aliphatic rings. The molecule has 0 spiro atoms. The molecule has 134 valence electrons. The number of nitrogens with one attached hydrogen (secondary N) is 2. The molecule has 1 atom stereocenters. The summed E-state index contributed by atoms with van der Waals surface area (Å²) in [7, 11) is 0. The lowest BCUT2D eigenvalue weighted by Crippen LogP contribution is -2.37. The van der Waals surface area contributed by atoms with Crippen molar-refractivity contribution < 1.29 is 4.79 Å². The largest absolute Gasteiger partial charge is 0.350 e. The average molecular weight is 361 g/mol. The lowest BCUT2D eigenvalue weighted by Gasteiger charge is -2.26. The highest BCUT2D eigenvalue weighted by molar-refractivity contribution is 6.31. The minimum atomic E-state index is -0.260. The first-order valence-corrected chi connectivity index (χ1v) is 9.14. The fourth-order valence-electron chi connectivity index (χ4n) is 3.22. The Morgan fingerprint density at radius 2 is 2.20 bits per heavy atom. The Labute approximate surface area is 153 Å². The van der Waals surface area contributed by atoms with Gasteiger partial charge in [-0.25, -0.2) is 0 Å². The fourth-order valence-corrected chi connectivity index (χ4v) is 3.61. The second-order valence-electron chi connectivity index (χ2n) is 7.23. The number of aromatic nitrogens is 2. The van der Waals surface area contributed by atoms with Crippen LogP contribution in [-0.4, -0.2) is 35.3 Å².